The van der Waals surface area contributed by atoms with Crippen molar-refractivity contribution in [3.8, 4) is 0 Å². The van der Waals surface area contributed by atoms with E-state index in [0.29, 0.717) is 10.6 Å². The lowest BCUT2D eigenvalue weighted by Gasteiger charge is -2.08. The zero-order valence-electron chi connectivity index (χ0n) is 10.9. The summed E-state index contributed by atoms with van der Waals surface area (Å²) in [5.74, 6) is -0.160. The Labute approximate surface area is 117 Å². The molecular weight excluding hydrogens is 260 g/mol. The molecule has 0 heterocycles. The molecule has 0 spiro atoms. The highest BCUT2D eigenvalue weighted by atomic mass is 35.5. The topological polar surface area (TPSA) is 33.5 Å². The van der Waals surface area contributed by atoms with Crippen LogP contribution in [0.1, 0.15) is 10.4 Å². The number of anilines is 1. The highest BCUT2D eigenvalue weighted by Gasteiger charge is 2.07. The van der Waals surface area contributed by atoms with Gasteiger partial charge in [0.25, 0.3) is 5.91 Å². The number of carbonyl (C=O) groups excluding carboxylic acids is 1. The van der Waals surface area contributed by atoms with Gasteiger partial charge in [-0.2, -0.15) is 0 Å². The van der Waals surface area contributed by atoms with Crippen LogP contribution < -0.4 is 10.2 Å². The molecule has 2 rings (SSSR count). The van der Waals surface area contributed by atoms with E-state index in [1.165, 1.54) is 10.6 Å². The first-order valence-electron chi connectivity index (χ1n) is 6.04. The molecule has 0 aliphatic carbocycles. The van der Waals surface area contributed by atoms with Gasteiger partial charge >= 0.3 is 0 Å². The van der Waals surface area contributed by atoms with Crippen LogP contribution in [0.3, 0.4) is 0 Å². The largest absolute Gasteiger partial charge is 0.322 e. The van der Waals surface area contributed by atoms with Crippen molar-refractivity contribution in [2.75, 3.05) is 19.4 Å². The number of halogens is 1. The minimum Gasteiger partial charge on any atom is -0.322 e. The van der Waals surface area contributed by atoms with Crippen LogP contribution in [0.25, 0.3) is 0 Å². The Morgan fingerprint density at radius 2 is 1.79 bits per heavy atom. The van der Waals surface area contributed by atoms with Crippen LogP contribution in [-0.4, -0.2) is 20.0 Å². The number of carbonyl (C=O) groups is 1. The van der Waals surface area contributed by atoms with Gasteiger partial charge in [-0.25, -0.2) is 0 Å². The number of hydrogen-bond donors (Lipinski definition) is 2. The van der Waals surface area contributed by atoms with Crippen LogP contribution in [0, 0.1) is 0 Å². The summed E-state index contributed by atoms with van der Waals surface area (Å²) in [5.41, 5.74) is 2.49. The highest BCUT2D eigenvalue weighted by molar-refractivity contribution is 6.31. The predicted molar refractivity (Wildman–Crippen MR) is 78.3 cm³/mol. The molecule has 0 aliphatic heterocycles. The first-order valence-corrected chi connectivity index (χ1v) is 6.41. The SMILES string of the molecule is C[NH+](C)c1ccc(NC(=O)c2cccc(Cl)c2)cc1. The van der Waals surface area contributed by atoms with Crippen molar-refractivity contribution in [3.63, 3.8) is 0 Å². The maximum Gasteiger partial charge on any atom is 0.255 e. The molecule has 0 fully saturated rings. The number of rotatable bonds is 3. The lowest BCUT2D eigenvalue weighted by atomic mass is 10.2. The first-order chi connectivity index (χ1) is 9.06. The van der Waals surface area contributed by atoms with Crippen molar-refractivity contribution >= 4 is 28.9 Å². The van der Waals surface area contributed by atoms with Crippen LogP contribution in [0.4, 0.5) is 11.4 Å². The van der Waals surface area contributed by atoms with Gasteiger partial charge in [0.15, 0.2) is 0 Å². The molecule has 0 aliphatic rings. The lowest BCUT2D eigenvalue weighted by molar-refractivity contribution is -0.786. The van der Waals surface area contributed by atoms with Gasteiger partial charge in [0.05, 0.1) is 14.1 Å². The molecule has 2 aromatic carbocycles. The maximum atomic E-state index is 12.0. The van der Waals surface area contributed by atoms with Gasteiger partial charge in [-0.1, -0.05) is 17.7 Å². The van der Waals surface area contributed by atoms with Gasteiger partial charge in [-0.15, -0.1) is 0 Å². The summed E-state index contributed by atoms with van der Waals surface area (Å²) in [4.78, 5) is 13.3. The van der Waals surface area contributed by atoms with Gasteiger partial charge in [0.1, 0.15) is 5.69 Å². The number of hydrogen-bond acceptors (Lipinski definition) is 1. The van der Waals surface area contributed by atoms with E-state index >= 15 is 0 Å². The second-order valence-electron chi connectivity index (χ2n) is 4.54. The molecule has 4 heteroatoms. The van der Waals surface area contributed by atoms with E-state index in [0.717, 1.165) is 5.69 Å². The predicted octanol–water partition coefficient (Wildman–Crippen LogP) is 2.37. The summed E-state index contributed by atoms with van der Waals surface area (Å²) in [6.07, 6.45) is 0. The fraction of sp³-hybridized carbons (Fsp3) is 0.133. The second kappa shape index (κ2) is 5.87. The van der Waals surface area contributed by atoms with Crippen LogP contribution >= 0.6 is 11.6 Å². The summed E-state index contributed by atoms with van der Waals surface area (Å²) >= 11 is 5.86. The van der Waals surface area contributed by atoms with Crippen molar-refractivity contribution in [2.45, 2.75) is 0 Å². The van der Waals surface area contributed by atoms with Crippen LogP contribution in [0.2, 0.25) is 5.02 Å². The average Bonchev–Trinajstić information content (AvgIpc) is 2.39. The monoisotopic (exact) mass is 275 g/mol. The zero-order chi connectivity index (χ0) is 13.8. The molecule has 1 amide bonds. The summed E-state index contributed by atoms with van der Waals surface area (Å²) in [7, 11) is 4.11. The molecule has 2 N–H and O–H groups in total. The fourth-order valence-electron chi connectivity index (χ4n) is 1.72. The Hall–Kier alpha value is -1.84. The van der Waals surface area contributed by atoms with Crippen LogP contribution in [-0.2, 0) is 0 Å². The van der Waals surface area contributed by atoms with Gasteiger partial charge < -0.3 is 10.2 Å². The van der Waals surface area contributed by atoms with Crippen LogP contribution in [0.5, 0.6) is 0 Å². The summed E-state index contributed by atoms with van der Waals surface area (Å²) in [5, 5.41) is 3.40. The molecule has 0 bridgehead atoms. The molecule has 98 valence electrons. The highest BCUT2D eigenvalue weighted by Crippen LogP contribution is 2.14. The van der Waals surface area contributed by atoms with E-state index < -0.39 is 0 Å². The summed E-state index contributed by atoms with van der Waals surface area (Å²) in [6, 6.07) is 14.7. The standard InChI is InChI=1S/C15H15ClN2O/c1-18(2)14-8-6-13(7-9-14)17-15(19)11-4-3-5-12(16)10-11/h3-10H,1-2H3,(H,17,19)/p+1. The van der Waals surface area contributed by atoms with Gasteiger partial charge in [0, 0.05) is 28.4 Å². The fourth-order valence-corrected chi connectivity index (χ4v) is 1.91. The Balaban J connectivity index is 2.10. The number of quaternary nitrogens is 1. The number of amides is 1. The Morgan fingerprint density at radius 3 is 2.37 bits per heavy atom. The molecule has 3 nitrogen and oxygen atoms in total. The zero-order valence-corrected chi connectivity index (χ0v) is 11.7. The van der Waals surface area contributed by atoms with E-state index in [1.807, 2.05) is 24.3 Å². The van der Waals surface area contributed by atoms with E-state index in [9.17, 15) is 4.79 Å². The summed E-state index contributed by atoms with van der Waals surface area (Å²) in [6.45, 7) is 0. The third-order valence-electron chi connectivity index (χ3n) is 2.81. The van der Waals surface area contributed by atoms with E-state index in [2.05, 4.69) is 19.4 Å². The normalized spacial score (nSPS) is 10.5. The van der Waals surface area contributed by atoms with Gasteiger partial charge in [-0.3, -0.25) is 4.79 Å². The average molecular weight is 276 g/mol. The molecule has 0 atom stereocenters. The third-order valence-corrected chi connectivity index (χ3v) is 3.04. The second-order valence-corrected chi connectivity index (χ2v) is 4.98. The molecular formula is C15H16ClN2O+. The van der Waals surface area contributed by atoms with Crippen molar-refractivity contribution in [1.82, 2.24) is 0 Å². The van der Waals surface area contributed by atoms with Crippen molar-refractivity contribution in [1.29, 1.82) is 0 Å². The smallest absolute Gasteiger partial charge is 0.255 e. The Kier molecular flexibility index (Phi) is 4.20. The van der Waals surface area contributed by atoms with Crippen molar-refractivity contribution < 1.29 is 9.69 Å². The molecule has 0 radical (unpaired) electrons. The maximum absolute atomic E-state index is 12.0. The van der Waals surface area contributed by atoms with Crippen molar-refractivity contribution in [3.05, 3.63) is 59.1 Å². The number of nitrogens with one attached hydrogen (secondary N) is 2. The first kappa shape index (κ1) is 13.6. The molecule has 19 heavy (non-hydrogen) atoms. The molecule has 0 saturated heterocycles. The van der Waals surface area contributed by atoms with Gasteiger partial charge in [0.2, 0.25) is 0 Å². The minimum atomic E-state index is -0.160. The molecule has 0 aromatic heterocycles. The van der Waals surface area contributed by atoms with Gasteiger partial charge in [-0.05, 0) is 30.3 Å². The summed E-state index contributed by atoms with van der Waals surface area (Å²) < 4.78 is 0. The van der Waals surface area contributed by atoms with Crippen LogP contribution in [0.15, 0.2) is 48.5 Å². The Bertz CT molecular complexity index is 579. The Morgan fingerprint density at radius 1 is 1.11 bits per heavy atom. The quantitative estimate of drug-likeness (QED) is 0.886. The minimum absolute atomic E-state index is 0.160. The molecule has 0 unspecified atom stereocenters. The molecule has 2 aromatic rings. The number of benzene rings is 2. The third kappa shape index (κ3) is 3.56. The lowest BCUT2D eigenvalue weighted by Crippen LogP contribution is -3.00. The van der Waals surface area contributed by atoms with E-state index in [4.69, 9.17) is 11.6 Å². The van der Waals surface area contributed by atoms with E-state index in [-0.39, 0.29) is 5.91 Å². The molecule has 0 saturated carbocycles. The van der Waals surface area contributed by atoms with E-state index in [1.54, 1.807) is 24.3 Å². The van der Waals surface area contributed by atoms with Crippen molar-refractivity contribution in [2.24, 2.45) is 0 Å².